The van der Waals surface area contributed by atoms with Gasteiger partial charge in [0.25, 0.3) is 0 Å². The fourth-order valence-electron chi connectivity index (χ4n) is 3.67. The van der Waals surface area contributed by atoms with Crippen LogP contribution in [0.4, 0.5) is 4.39 Å². The van der Waals surface area contributed by atoms with Crippen LogP contribution in [0, 0.1) is 12.1 Å². The molecule has 0 aromatic carbocycles. The lowest BCUT2D eigenvalue weighted by Crippen LogP contribution is -2.45. The van der Waals surface area contributed by atoms with Crippen LogP contribution in [0.3, 0.4) is 0 Å². The third-order valence-electron chi connectivity index (χ3n) is 4.96. The Bertz CT molecular complexity index is 675. The third-order valence-corrected chi connectivity index (χ3v) is 6.08. The van der Waals surface area contributed by atoms with Gasteiger partial charge in [-0.25, -0.2) is 0 Å². The van der Waals surface area contributed by atoms with Crippen LogP contribution >= 0.6 is 11.3 Å². The molecule has 2 aromatic rings. The van der Waals surface area contributed by atoms with E-state index in [2.05, 4.69) is 15.5 Å². The van der Waals surface area contributed by atoms with Crippen LogP contribution in [-0.4, -0.2) is 29.9 Å². The van der Waals surface area contributed by atoms with Gasteiger partial charge in [0.2, 0.25) is 0 Å². The second-order valence-corrected chi connectivity index (χ2v) is 7.31. The van der Waals surface area contributed by atoms with Crippen LogP contribution in [0.25, 0.3) is 0 Å². The van der Waals surface area contributed by atoms with Gasteiger partial charge in [0.15, 0.2) is 5.13 Å². The molecule has 2 N–H and O–H groups in total. The lowest BCUT2D eigenvalue weighted by Gasteiger charge is -2.42. The molecule has 1 fully saturated rings. The third kappa shape index (κ3) is 2.30. The van der Waals surface area contributed by atoms with Gasteiger partial charge in [-0.15, -0.1) is 11.3 Å². The largest absolute Gasteiger partial charge is 0.369 e. The Kier molecular flexibility index (Phi) is 3.55. The number of nitrogens with zero attached hydrogens (tertiary/aromatic N) is 1. The van der Waals surface area contributed by atoms with E-state index in [4.69, 9.17) is 4.74 Å². The van der Waals surface area contributed by atoms with Gasteiger partial charge in [-0.2, -0.15) is 9.49 Å². The average Bonchev–Trinajstić information content (AvgIpc) is 3.10. The summed E-state index contributed by atoms with van der Waals surface area (Å²) in [7, 11) is 0. The second-order valence-electron chi connectivity index (χ2n) is 6.31. The number of rotatable bonds is 2. The van der Waals surface area contributed by atoms with Crippen molar-refractivity contribution in [1.29, 1.82) is 0 Å². The summed E-state index contributed by atoms with van der Waals surface area (Å²) in [6.07, 6.45) is 4.57. The summed E-state index contributed by atoms with van der Waals surface area (Å²) in [5.74, 6) is 0.215. The highest BCUT2D eigenvalue weighted by Crippen LogP contribution is 2.48. The number of thiophene rings is 1. The minimum Gasteiger partial charge on any atom is -0.369 e. The maximum atomic E-state index is 14.0. The first-order chi connectivity index (χ1) is 10.7. The molecular weight excluding hydrogens is 301 g/mol. The molecular formula is C16H20FN3OS. The zero-order valence-corrected chi connectivity index (χ0v) is 13.4. The number of piperidine rings is 1. The molecule has 0 unspecified atom stereocenters. The van der Waals surface area contributed by atoms with Gasteiger partial charge in [0.1, 0.15) is 5.60 Å². The molecule has 1 atom stereocenters. The van der Waals surface area contributed by atoms with Gasteiger partial charge in [0, 0.05) is 16.5 Å². The molecule has 2 aliphatic rings. The van der Waals surface area contributed by atoms with E-state index in [-0.39, 0.29) is 16.6 Å². The summed E-state index contributed by atoms with van der Waals surface area (Å²) in [6.45, 7) is 4.55. The average molecular weight is 321 g/mol. The number of aromatic nitrogens is 2. The topological polar surface area (TPSA) is 49.9 Å². The molecule has 2 aliphatic heterocycles. The van der Waals surface area contributed by atoms with Crippen LogP contribution < -0.4 is 5.32 Å². The Labute approximate surface area is 133 Å². The molecule has 0 aliphatic carbocycles. The first-order valence-corrected chi connectivity index (χ1v) is 8.63. The van der Waals surface area contributed by atoms with Gasteiger partial charge in [0.05, 0.1) is 12.8 Å². The Morgan fingerprint density at radius 1 is 1.45 bits per heavy atom. The molecule has 118 valence electrons. The van der Waals surface area contributed by atoms with E-state index >= 15 is 0 Å². The number of fused-ring (bicyclic) bond motifs is 2. The summed E-state index contributed by atoms with van der Waals surface area (Å²) in [6, 6.07) is 1.73. The summed E-state index contributed by atoms with van der Waals surface area (Å²) in [4.78, 5) is 1.11. The molecule has 4 nitrogen and oxygen atoms in total. The van der Waals surface area contributed by atoms with Crippen molar-refractivity contribution in [3.05, 3.63) is 39.1 Å². The molecule has 6 heteroatoms. The standard InChI is InChI=1S/C16H20FN3OS/c1-10-11(8-19-20-10)6-12-9-21-16(2-4-18-5-3-16)15-13(12)7-14(17)22-15/h7-8,12,18H,2-6,9H2,1H3,(H,19,20)/t12-/m0/s1. The minimum atomic E-state index is -0.266. The number of nitrogens with one attached hydrogen (secondary N) is 2. The van der Waals surface area contributed by atoms with Crippen molar-refractivity contribution in [2.24, 2.45) is 0 Å². The predicted octanol–water partition coefficient (Wildman–Crippen LogP) is 2.85. The monoisotopic (exact) mass is 321 g/mol. The van der Waals surface area contributed by atoms with Gasteiger partial charge in [-0.05, 0) is 56.5 Å². The molecule has 0 radical (unpaired) electrons. The summed E-state index contributed by atoms with van der Waals surface area (Å²) in [5.41, 5.74) is 3.15. The van der Waals surface area contributed by atoms with Crippen molar-refractivity contribution in [2.75, 3.05) is 19.7 Å². The van der Waals surface area contributed by atoms with Crippen LogP contribution in [0.1, 0.15) is 40.5 Å². The van der Waals surface area contributed by atoms with Crippen LogP contribution in [0.2, 0.25) is 0 Å². The summed E-state index contributed by atoms with van der Waals surface area (Å²) >= 11 is 1.27. The number of H-pyrrole nitrogens is 1. The lowest BCUT2D eigenvalue weighted by atomic mass is 9.81. The highest BCUT2D eigenvalue weighted by molar-refractivity contribution is 7.10. The summed E-state index contributed by atoms with van der Waals surface area (Å²) in [5, 5.41) is 10.3. The Morgan fingerprint density at radius 2 is 2.27 bits per heavy atom. The molecule has 0 bridgehead atoms. The number of hydrogen-bond acceptors (Lipinski definition) is 4. The Morgan fingerprint density at radius 3 is 3.00 bits per heavy atom. The van der Waals surface area contributed by atoms with Crippen LogP contribution in [-0.2, 0) is 16.8 Å². The minimum absolute atomic E-state index is 0.0951. The van der Waals surface area contributed by atoms with E-state index in [0.29, 0.717) is 6.61 Å². The smallest absolute Gasteiger partial charge is 0.177 e. The first kappa shape index (κ1) is 14.4. The van der Waals surface area contributed by atoms with Crippen molar-refractivity contribution < 1.29 is 9.13 Å². The predicted molar refractivity (Wildman–Crippen MR) is 83.8 cm³/mol. The fraction of sp³-hybridized carbons (Fsp3) is 0.562. The van der Waals surface area contributed by atoms with E-state index < -0.39 is 0 Å². The van der Waals surface area contributed by atoms with E-state index in [0.717, 1.165) is 48.5 Å². The Balaban J connectivity index is 1.68. The molecule has 1 spiro atoms. The number of halogens is 1. The van der Waals surface area contributed by atoms with Crippen molar-refractivity contribution in [3.8, 4) is 0 Å². The number of hydrogen-bond donors (Lipinski definition) is 2. The number of ether oxygens (including phenoxy) is 1. The van der Waals surface area contributed by atoms with Crippen molar-refractivity contribution in [1.82, 2.24) is 15.5 Å². The van der Waals surface area contributed by atoms with Crippen molar-refractivity contribution in [3.63, 3.8) is 0 Å². The Hall–Kier alpha value is -1.24. The van der Waals surface area contributed by atoms with E-state index in [1.807, 2.05) is 13.1 Å². The van der Waals surface area contributed by atoms with Crippen molar-refractivity contribution in [2.45, 2.75) is 37.7 Å². The first-order valence-electron chi connectivity index (χ1n) is 7.81. The summed E-state index contributed by atoms with van der Waals surface area (Å²) < 4.78 is 20.3. The normalized spacial score (nSPS) is 23.6. The molecule has 4 heterocycles. The number of aryl methyl sites for hydroxylation is 1. The molecule has 22 heavy (non-hydrogen) atoms. The van der Waals surface area contributed by atoms with Gasteiger partial charge >= 0.3 is 0 Å². The van der Waals surface area contributed by atoms with E-state index in [9.17, 15) is 4.39 Å². The maximum absolute atomic E-state index is 14.0. The van der Waals surface area contributed by atoms with Gasteiger partial charge in [-0.1, -0.05) is 0 Å². The van der Waals surface area contributed by atoms with Crippen molar-refractivity contribution >= 4 is 11.3 Å². The van der Waals surface area contributed by atoms with Gasteiger partial charge in [-0.3, -0.25) is 5.10 Å². The zero-order valence-electron chi connectivity index (χ0n) is 12.6. The molecule has 0 amide bonds. The highest BCUT2D eigenvalue weighted by atomic mass is 32.1. The fourth-order valence-corrected chi connectivity index (χ4v) is 4.84. The second kappa shape index (κ2) is 5.44. The van der Waals surface area contributed by atoms with E-state index in [1.165, 1.54) is 16.9 Å². The number of aromatic amines is 1. The molecule has 2 aromatic heterocycles. The quantitative estimate of drug-likeness (QED) is 0.894. The molecule has 4 rings (SSSR count). The maximum Gasteiger partial charge on any atom is 0.177 e. The molecule has 1 saturated heterocycles. The van der Waals surface area contributed by atoms with Crippen LogP contribution in [0.15, 0.2) is 12.3 Å². The van der Waals surface area contributed by atoms with E-state index in [1.54, 1.807) is 6.07 Å². The molecule has 0 saturated carbocycles. The lowest BCUT2D eigenvalue weighted by molar-refractivity contribution is -0.0859. The highest BCUT2D eigenvalue weighted by Gasteiger charge is 2.43. The SMILES string of the molecule is Cc1[nH]ncc1C[C@H]1COC2(CCNCC2)c2sc(F)cc21. The zero-order chi connectivity index (χ0) is 15.2. The van der Waals surface area contributed by atoms with Crippen LogP contribution in [0.5, 0.6) is 0 Å². The van der Waals surface area contributed by atoms with Gasteiger partial charge < -0.3 is 10.1 Å².